The molecule has 1 aliphatic carbocycles. The second kappa shape index (κ2) is 3.77. The summed E-state index contributed by atoms with van der Waals surface area (Å²) in [6, 6.07) is 3.83. The molecule has 0 unspecified atom stereocenters. The van der Waals surface area contributed by atoms with Crippen molar-refractivity contribution >= 4 is 0 Å². The molecule has 1 aromatic heterocycles. The van der Waals surface area contributed by atoms with E-state index in [4.69, 9.17) is 4.74 Å². The zero-order valence-electron chi connectivity index (χ0n) is 7.94. The Morgan fingerprint density at radius 2 is 2.08 bits per heavy atom. The summed E-state index contributed by atoms with van der Waals surface area (Å²) in [5.41, 5.74) is 0. The summed E-state index contributed by atoms with van der Waals surface area (Å²) >= 11 is 0. The van der Waals surface area contributed by atoms with E-state index in [-0.39, 0.29) is 0 Å². The quantitative estimate of drug-likeness (QED) is 0.708. The molecule has 0 saturated heterocycles. The van der Waals surface area contributed by atoms with E-state index in [1.165, 1.54) is 19.3 Å². The lowest BCUT2D eigenvalue weighted by molar-refractivity contribution is 0.0630. The summed E-state index contributed by atoms with van der Waals surface area (Å²) in [4.78, 5) is 3.95. The summed E-state index contributed by atoms with van der Waals surface area (Å²) in [5, 5.41) is 0. The molecular weight excluding hydrogens is 162 g/mol. The van der Waals surface area contributed by atoms with Crippen LogP contribution < -0.4 is 4.74 Å². The Morgan fingerprint density at radius 1 is 1.38 bits per heavy atom. The Labute approximate surface area is 78.9 Å². The van der Waals surface area contributed by atoms with Gasteiger partial charge in [0, 0.05) is 12.4 Å². The van der Waals surface area contributed by atoms with Crippen LogP contribution in [0.3, 0.4) is 0 Å². The van der Waals surface area contributed by atoms with Gasteiger partial charge in [-0.1, -0.05) is 13.3 Å². The summed E-state index contributed by atoms with van der Waals surface area (Å²) in [5.74, 6) is 1.85. The molecule has 1 aromatic rings. The fourth-order valence-corrected chi connectivity index (χ4v) is 1.71. The van der Waals surface area contributed by atoms with Gasteiger partial charge < -0.3 is 4.74 Å². The third-order valence-electron chi connectivity index (χ3n) is 2.72. The van der Waals surface area contributed by atoms with Gasteiger partial charge in [-0.05, 0) is 30.9 Å². The average molecular weight is 177 g/mol. The molecule has 0 radical (unpaired) electrons. The second-order valence-corrected chi connectivity index (χ2v) is 3.67. The van der Waals surface area contributed by atoms with Crippen molar-refractivity contribution in [2.24, 2.45) is 5.92 Å². The van der Waals surface area contributed by atoms with E-state index in [0.717, 1.165) is 11.7 Å². The Kier molecular flexibility index (Phi) is 2.48. The Bertz CT molecular complexity index is 254. The van der Waals surface area contributed by atoms with Gasteiger partial charge in [0.05, 0.1) is 6.10 Å². The number of hydrogen-bond acceptors (Lipinski definition) is 2. The van der Waals surface area contributed by atoms with Crippen LogP contribution in [0.2, 0.25) is 0 Å². The van der Waals surface area contributed by atoms with Gasteiger partial charge in [-0.3, -0.25) is 4.98 Å². The number of pyridine rings is 1. The molecule has 0 bridgehead atoms. The highest BCUT2D eigenvalue weighted by molar-refractivity contribution is 5.17. The van der Waals surface area contributed by atoms with Gasteiger partial charge in [0.2, 0.25) is 0 Å². The van der Waals surface area contributed by atoms with Crippen molar-refractivity contribution in [2.75, 3.05) is 0 Å². The minimum atomic E-state index is 0.451. The standard InChI is InChI=1S/C11H15NO/c1-2-9-7-11(8-9)13-10-3-5-12-6-4-10/h3-6,9,11H,2,7-8H2,1H3. The van der Waals surface area contributed by atoms with Crippen LogP contribution in [0, 0.1) is 5.92 Å². The van der Waals surface area contributed by atoms with Gasteiger partial charge >= 0.3 is 0 Å². The maximum atomic E-state index is 5.74. The molecule has 1 saturated carbocycles. The first-order valence-electron chi connectivity index (χ1n) is 4.95. The van der Waals surface area contributed by atoms with Crippen molar-refractivity contribution in [1.29, 1.82) is 0 Å². The predicted octanol–water partition coefficient (Wildman–Crippen LogP) is 2.65. The molecule has 70 valence electrons. The number of aromatic nitrogens is 1. The van der Waals surface area contributed by atoms with Crippen LogP contribution in [-0.4, -0.2) is 11.1 Å². The fraction of sp³-hybridized carbons (Fsp3) is 0.545. The zero-order chi connectivity index (χ0) is 9.10. The maximum absolute atomic E-state index is 5.74. The van der Waals surface area contributed by atoms with Crippen LogP contribution >= 0.6 is 0 Å². The molecule has 0 aromatic carbocycles. The van der Waals surface area contributed by atoms with E-state index in [0.29, 0.717) is 6.10 Å². The molecule has 0 aliphatic heterocycles. The Balaban J connectivity index is 1.81. The minimum absolute atomic E-state index is 0.451. The van der Waals surface area contributed by atoms with Crippen LogP contribution in [0.4, 0.5) is 0 Å². The van der Waals surface area contributed by atoms with E-state index in [2.05, 4.69) is 11.9 Å². The van der Waals surface area contributed by atoms with Gasteiger partial charge in [0.1, 0.15) is 5.75 Å². The normalized spacial score (nSPS) is 26.5. The monoisotopic (exact) mass is 177 g/mol. The largest absolute Gasteiger partial charge is 0.490 e. The first-order valence-corrected chi connectivity index (χ1v) is 4.95. The Hall–Kier alpha value is -1.05. The number of ether oxygens (including phenoxy) is 1. The van der Waals surface area contributed by atoms with Crippen molar-refractivity contribution in [3.05, 3.63) is 24.5 Å². The molecule has 1 fully saturated rings. The Morgan fingerprint density at radius 3 is 2.69 bits per heavy atom. The molecule has 1 heterocycles. The van der Waals surface area contributed by atoms with E-state index in [1.807, 2.05) is 12.1 Å². The molecule has 0 amide bonds. The third-order valence-corrected chi connectivity index (χ3v) is 2.72. The summed E-state index contributed by atoms with van der Waals surface area (Å²) in [6.45, 7) is 2.24. The molecule has 2 rings (SSSR count). The predicted molar refractivity (Wildman–Crippen MR) is 51.7 cm³/mol. The molecule has 0 N–H and O–H groups in total. The van der Waals surface area contributed by atoms with Gasteiger partial charge in [-0.15, -0.1) is 0 Å². The van der Waals surface area contributed by atoms with E-state index in [9.17, 15) is 0 Å². The molecular formula is C11H15NO. The van der Waals surface area contributed by atoms with Crippen molar-refractivity contribution in [3.63, 3.8) is 0 Å². The van der Waals surface area contributed by atoms with Crippen molar-refractivity contribution in [2.45, 2.75) is 32.3 Å². The molecule has 2 heteroatoms. The summed E-state index contributed by atoms with van der Waals surface area (Å²) < 4.78 is 5.74. The fourth-order valence-electron chi connectivity index (χ4n) is 1.71. The third kappa shape index (κ3) is 2.00. The van der Waals surface area contributed by atoms with Crippen molar-refractivity contribution < 1.29 is 4.74 Å². The van der Waals surface area contributed by atoms with Crippen LogP contribution in [-0.2, 0) is 0 Å². The van der Waals surface area contributed by atoms with Crippen molar-refractivity contribution in [3.8, 4) is 5.75 Å². The number of nitrogens with zero attached hydrogens (tertiary/aromatic N) is 1. The lowest BCUT2D eigenvalue weighted by Gasteiger charge is -2.34. The van der Waals surface area contributed by atoms with Gasteiger partial charge in [0.15, 0.2) is 0 Å². The van der Waals surface area contributed by atoms with E-state index >= 15 is 0 Å². The van der Waals surface area contributed by atoms with Gasteiger partial charge in [0.25, 0.3) is 0 Å². The summed E-state index contributed by atoms with van der Waals surface area (Å²) in [6.07, 6.45) is 7.72. The highest BCUT2D eigenvalue weighted by Gasteiger charge is 2.28. The first kappa shape index (κ1) is 8.54. The van der Waals surface area contributed by atoms with Gasteiger partial charge in [-0.2, -0.15) is 0 Å². The molecule has 13 heavy (non-hydrogen) atoms. The van der Waals surface area contributed by atoms with E-state index in [1.54, 1.807) is 12.4 Å². The number of rotatable bonds is 3. The highest BCUT2D eigenvalue weighted by Crippen LogP contribution is 2.32. The van der Waals surface area contributed by atoms with Crippen LogP contribution in [0.5, 0.6) is 5.75 Å². The number of hydrogen-bond donors (Lipinski definition) is 0. The maximum Gasteiger partial charge on any atom is 0.122 e. The lowest BCUT2D eigenvalue weighted by atomic mass is 9.80. The first-order chi connectivity index (χ1) is 6.38. The van der Waals surface area contributed by atoms with Crippen LogP contribution in [0.1, 0.15) is 26.2 Å². The van der Waals surface area contributed by atoms with Crippen LogP contribution in [0.15, 0.2) is 24.5 Å². The van der Waals surface area contributed by atoms with Gasteiger partial charge in [-0.25, -0.2) is 0 Å². The lowest BCUT2D eigenvalue weighted by Crippen LogP contribution is -2.33. The van der Waals surface area contributed by atoms with Crippen molar-refractivity contribution in [1.82, 2.24) is 4.98 Å². The molecule has 2 nitrogen and oxygen atoms in total. The summed E-state index contributed by atoms with van der Waals surface area (Å²) in [7, 11) is 0. The SMILES string of the molecule is CCC1CC(Oc2ccncc2)C1. The molecule has 0 atom stereocenters. The minimum Gasteiger partial charge on any atom is -0.490 e. The zero-order valence-corrected chi connectivity index (χ0v) is 7.94. The average Bonchev–Trinajstić information content (AvgIpc) is 2.12. The highest BCUT2D eigenvalue weighted by atomic mass is 16.5. The van der Waals surface area contributed by atoms with E-state index < -0.39 is 0 Å². The smallest absolute Gasteiger partial charge is 0.122 e. The topological polar surface area (TPSA) is 22.1 Å². The van der Waals surface area contributed by atoms with Crippen LogP contribution in [0.25, 0.3) is 0 Å². The second-order valence-electron chi connectivity index (χ2n) is 3.67. The molecule has 0 spiro atoms. The molecule has 1 aliphatic rings.